The lowest BCUT2D eigenvalue weighted by atomic mass is 9.81. The summed E-state index contributed by atoms with van der Waals surface area (Å²) >= 11 is 0. The Morgan fingerprint density at radius 3 is 2.15 bits per heavy atom. The van der Waals surface area contributed by atoms with Crippen molar-refractivity contribution in [1.82, 2.24) is 0 Å². The molecule has 260 valence electrons. The van der Waals surface area contributed by atoms with Crippen LogP contribution in [-0.4, -0.2) is 42.6 Å². The molecule has 2 aromatic rings. The maximum absolute atomic E-state index is 12.0. The molecule has 2 aliphatic rings. The van der Waals surface area contributed by atoms with Gasteiger partial charge in [-0.15, -0.1) is 10.2 Å². The van der Waals surface area contributed by atoms with E-state index in [1.165, 1.54) is 33.9 Å². The first kappa shape index (κ1) is 38.7. The van der Waals surface area contributed by atoms with Crippen LogP contribution in [0.4, 0.5) is 11.4 Å². The van der Waals surface area contributed by atoms with E-state index < -0.39 is 10.2 Å². The highest BCUT2D eigenvalue weighted by Gasteiger charge is 2.44. The second kappa shape index (κ2) is 17.1. The molecule has 0 saturated carbocycles. The quantitative estimate of drug-likeness (QED) is 0.127. The maximum Gasteiger partial charge on any atom is 0.305 e. The molecule has 2 aliphatic heterocycles. The first-order valence-electron chi connectivity index (χ1n) is 16.4. The van der Waals surface area contributed by atoms with Crippen molar-refractivity contribution < 1.29 is 47.7 Å². The van der Waals surface area contributed by atoms with Gasteiger partial charge in [0.2, 0.25) is 5.69 Å². The number of carbonyl (C=O) groups excluding carboxylic acids is 1. The molecule has 0 radical (unpaired) electrons. The monoisotopic (exact) mass is 680 g/mol. The summed E-state index contributed by atoms with van der Waals surface area (Å²) in [6.45, 7) is 19.8. The molecule has 0 unspecified atom stereocenters. The van der Waals surface area contributed by atoms with E-state index in [2.05, 4.69) is 123 Å². The van der Waals surface area contributed by atoms with Gasteiger partial charge in [-0.1, -0.05) is 75.1 Å². The molecule has 4 rings (SSSR count). The summed E-state index contributed by atoms with van der Waals surface area (Å²) in [7, 11) is -4.94. The van der Waals surface area contributed by atoms with Gasteiger partial charge in [0.1, 0.15) is 6.54 Å². The molecule has 48 heavy (non-hydrogen) atoms. The number of para-hydroxylation sites is 2. The number of esters is 1. The Balaban J connectivity index is 0.00000116. The number of nitrogens with zero attached hydrogens (tertiary/aromatic N) is 2. The summed E-state index contributed by atoms with van der Waals surface area (Å²) in [5, 5.41) is 0. The maximum atomic E-state index is 12.0. The second-order valence-corrected chi connectivity index (χ2v) is 13.4. The number of rotatable bonds is 14. The van der Waals surface area contributed by atoms with Gasteiger partial charge in [0.25, 0.3) is 0 Å². The average Bonchev–Trinajstić information content (AvgIpc) is 3.35. The van der Waals surface area contributed by atoms with Crippen molar-refractivity contribution in [3.8, 4) is 0 Å². The predicted octanol–water partition coefficient (Wildman–Crippen LogP) is 3.77. The van der Waals surface area contributed by atoms with Gasteiger partial charge in [-0.05, 0) is 51.8 Å². The molecule has 2 aromatic carbocycles. The molecular formula is C38H49ClN2O7. The van der Waals surface area contributed by atoms with Gasteiger partial charge in [0.15, 0.2) is 5.71 Å². The van der Waals surface area contributed by atoms with Crippen LogP contribution in [0, 0.1) is 10.2 Å². The minimum atomic E-state index is -4.94. The summed E-state index contributed by atoms with van der Waals surface area (Å²) in [6.07, 6.45) is 13.9. The molecule has 10 heteroatoms. The van der Waals surface area contributed by atoms with Gasteiger partial charge in [-0.25, -0.2) is 18.6 Å². The van der Waals surface area contributed by atoms with Crippen LogP contribution in [0.25, 0.3) is 0 Å². The summed E-state index contributed by atoms with van der Waals surface area (Å²) in [6, 6.07) is 17.3. The van der Waals surface area contributed by atoms with Crippen molar-refractivity contribution >= 4 is 23.1 Å². The first-order chi connectivity index (χ1) is 22.6. The molecular weight excluding hydrogens is 632 g/mol. The van der Waals surface area contributed by atoms with Crippen LogP contribution in [-0.2, 0) is 25.1 Å². The largest absolute Gasteiger partial charge is 0.499 e. The van der Waals surface area contributed by atoms with Crippen LogP contribution in [0.5, 0.6) is 0 Å². The van der Waals surface area contributed by atoms with Crippen LogP contribution in [0.3, 0.4) is 0 Å². The smallest absolute Gasteiger partial charge is 0.305 e. The zero-order valence-electron chi connectivity index (χ0n) is 29.0. The second-order valence-electron chi connectivity index (χ2n) is 12.6. The van der Waals surface area contributed by atoms with Crippen molar-refractivity contribution in [2.45, 2.75) is 78.1 Å². The van der Waals surface area contributed by atoms with E-state index in [1.807, 2.05) is 13.8 Å². The van der Waals surface area contributed by atoms with Crippen molar-refractivity contribution in [3.63, 3.8) is 0 Å². The van der Waals surface area contributed by atoms with Gasteiger partial charge >= 0.3 is 5.97 Å². The third-order valence-corrected chi connectivity index (χ3v) is 8.58. The van der Waals surface area contributed by atoms with Crippen molar-refractivity contribution in [2.75, 3.05) is 31.2 Å². The van der Waals surface area contributed by atoms with Crippen LogP contribution < -0.4 is 23.5 Å². The Kier molecular flexibility index (Phi) is 13.8. The van der Waals surface area contributed by atoms with E-state index in [0.29, 0.717) is 19.6 Å². The molecule has 0 saturated heterocycles. The zero-order chi connectivity index (χ0) is 35.5. The number of ether oxygens (including phenoxy) is 2. The topological polar surface area (TPSA) is 134 Å². The Hall–Kier alpha value is -3.73. The Labute approximate surface area is 287 Å². The summed E-state index contributed by atoms with van der Waals surface area (Å²) in [5.74, 6) is 0.724. The lowest BCUT2D eigenvalue weighted by Gasteiger charge is -2.27. The molecule has 9 nitrogen and oxygen atoms in total. The number of allylic oxidation sites excluding steroid dienone is 7. The molecule has 0 aromatic heterocycles. The third-order valence-electron chi connectivity index (χ3n) is 8.58. The highest BCUT2D eigenvalue weighted by Crippen LogP contribution is 2.47. The molecule has 0 bridgehead atoms. The Bertz CT molecular complexity index is 1540. The Morgan fingerprint density at radius 1 is 0.854 bits per heavy atom. The molecule has 0 aliphatic carbocycles. The minimum Gasteiger partial charge on any atom is -0.499 e. The standard InChI is InChI=1S/C38H49N2O3.ClHO4/c1-8-42-29(3)19-17-27-39-32-22-15-13-20-30(32)37(4,5)34(39)24-11-10-12-25-35-38(6,7)31-21-14-16-23-33(31)40(35)28-18-26-36(41)43-9-2;2-1(3,4)5/h10-16,20-25H,3,8-9,17-19,26-28H2,1-2,4-7H3;(H,2,3,4,5)/q+1;/p-1. The highest BCUT2D eigenvalue weighted by atomic mass is 35.7. The van der Waals surface area contributed by atoms with Gasteiger partial charge in [-0.3, -0.25) is 4.79 Å². The zero-order valence-corrected chi connectivity index (χ0v) is 29.8. The van der Waals surface area contributed by atoms with Crippen LogP contribution in [0.1, 0.15) is 78.4 Å². The molecule has 0 amide bonds. The summed E-state index contributed by atoms with van der Waals surface area (Å²) < 4.78 is 47.2. The minimum absolute atomic E-state index is 0.0961. The fraction of sp³-hybridized carbons (Fsp3) is 0.421. The average molecular weight is 681 g/mol. The number of fused-ring (bicyclic) bond motifs is 2. The van der Waals surface area contributed by atoms with Crippen molar-refractivity contribution in [2.24, 2.45) is 0 Å². The first-order valence-corrected chi connectivity index (χ1v) is 17.6. The lowest BCUT2D eigenvalue weighted by Crippen LogP contribution is -2.68. The van der Waals surface area contributed by atoms with Crippen LogP contribution in [0.2, 0.25) is 0 Å². The fourth-order valence-electron chi connectivity index (χ4n) is 6.45. The number of hydrogen-bond acceptors (Lipinski definition) is 8. The SMILES string of the molecule is C=C(CCC[N+]1=C(C=CC=CC=C2N(CCCC(=O)OCC)c3ccccc3C2(C)C)C(C)(C)c2ccccc21)OCC.[O-][Cl+3]([O-])([O-])[O-]. The van der Waals surface area contributed by atoms with E-state index in [-0.39, 0.29) is 16.8 Å². The fourth-order valence-corrected chi connectivity index (χ4v) is 6.45. The number of carbonyl (C=O) groups is 1. The van der Waals surface area contributed by atoms with Gasteiger partial charge in [0, 0.05) is 60.3 Å². The van der Waals surface area contributed by atoms with E-state index >= 15 is 0 Å². The van der Waals surface area contributed by atoms with Crippen LogP contribution in [0.15, 0.2) is 96.9 Å². The predicted molar refractivity (Wildman–Crippen MR) is 178 cm³/mol. The van der Waals surface area contributed by atoms with Crippen LogP contribution >= 0.6 is 0 Å². The van der Waals surface area contributed by atoms with E-state index in [1.54, 1.807) is 0 Å². The lowest BCUT2D eigenvalue weighted by molar-refractivity contribution is -2.00. The normalized spacial score (nSPS) is 17.0. The third kappa shape index (κ3) is 10.1. The number of benzene rings is 2. The Morgan fingerprint density at radius 2 is 1.48 bits per heavy atom. The molecule has 0 N–H and O–H groups in total. The molecule has 2 heterocycles. The van der Waals surface area contributed by atoms with E-state index in [9.17, 15) is 4.79 Å². The highest BCUT2D eigenvalue weighted by molar-refractivity contribution is 6.03. The molecule has 0 atom stereocenters. The van der Waals surface area contributed by atoms with E-state index in [4.69, 9.17) is 28.1 Å². The summed E-state index contributed by atoms with van der Waals surface area (Å²) in [4.78, 5) is 14.4. The van der Waals surface area contributed by atoms with Crippen molar-refractivity contribution in [3.05, 3.63) is 108 Å². The van der Waals surface area contributed by atoms with Crippen molar-refractivity contribution in [1.29, 1.82) is 0 Å². The van der Waals surface area contributed by atoms with Gasteiger partial charge in [0.05, 0.1) is 24.4 Å². The molecule has 0 fully saturated rings. The summed E-state index contributed by atoms with van der Waals surface area (Å²) in [5.41, 5.74) is 7.46. The number of anilines is 1. The van der Waals surface area contributed by atoms with Gasteiger partial charge in [-0.2, -0.15) is 4.58 Å². The molecule has 0 spiro atoms. The van der Waals surface area contributed by atoms with Gasteiger partial charge < -0.3 is 14.4 Å². The number of halogens is 1. The number of hydrogen-bond donors (Lipinski definition) is 0. The van der Waals surface area contributed by atoms with E-state index in [0.717, 1.165) is 38.1 Å².